The van der Waals surface area contributed by atoms with Crippen molar-refractivity contribution in [3.63, 3.8) is 0 Å². The normalized spacial score (nSPS) is 21.4. The molecule has 0 aromatic carbocycles. The summed E-state index contributed by atoms with van der Waals surface area (Å²) in [7, 11) is 0. The molecule has 160 valence electrons. The molecule has 0 bridgehead atoms. The van der Waals surface area contributed by atoms with Crippen molar-refractivity contribution in [2.24, 2.45) is 11.8 Å². The molecule has 1 atom stereocenters. The fourth-order valence-corrected chi connectivity index (χ4v) is 3.77. The summed E-state index contributed by atoms with van der Waals surface area (Å²) in [6.45, 7) is 5.18. The van der Waals surface area contributed by atoms with Gasteiger partial charge in [0.2, 0.25) is 0 Å². The quantitative estimate of drug-likeness (QED) is 0.681. The van der Waals surface area contributed by atoms with Gasteiger partial charge in [0.05, 0.1) is 5.92 Å². The minimum atomic E-state index is -4.16. The third-order valence-electron chi connectivity index (χ3n) is 5.57. The van der Waals surface area contributed by atoms with Crippen LogP contribution in [0.5, 0.6) is 0 Å². The lowest BCUT2D eigenvalue weighted by atomic mass is 9.96. The summed E-state index contributed by atoms with van der Waals surface area (Å²) in [4.78, 5) is 37.0. The number of likely N-dealkylation sites (tertiary alicyclic amines) is 1. The van der Waals surface area contributed by atoms with Crippen molar-refractivity contribution in [1.82, 2.24) is 4.90 Å². The lowest BCUT2D eigenvalue weighted by Gasteiger charge is -2.34. The van der Waals surface area contributed by atoms with Gasteiger partial charge in [-0.25, -0.2) is 9.59 Å². The number of hydrogen-bond acceptors (Lipinski definition) is 5. The zero-order valence-corrected chi connectivity index (χ0v) is 16.6. The first-order valence-electron chi connectivity index (χ1n) is 9.76. The van der Waals surface area contributed by atoms with Crippen LogP contribution >= 0.6 is 0 Å². The highest BCUT2D eigenvalue weighted by molar-refractivity contribution is 5.78. The van der Waals surface area contributed by atoms with Gasteiger partial charge in [-0.3, -0.25) is 4.79 Å². The van der Waals surface area contributed by atoms with E-state index in [-0.39, 0.29) is 25.9 Å². The number of alkyl halides is 2. The Bertz CT molecular complexity index is 595. The topological polar surface area (TPSA) is 93.1 Å². The van der Waals surface area contributed by atoms with E-state index in [9.17, 15) is 23.2 Å². The second-order valence-corrected chi connectivity index (χ2v) is 8.32. The summed E-state index contributed by atoms with van der Waals surface area (Å²) in [6, 6.07) is 0. The van der Waals surface area contributed by atoms with Crippen LogP contribution in [0.1, 0.15) is 59.3 Å². The number of hydrogen-bond donors (Lipinski definition) is 1. The van der Waals surface area contributed by atoms with Crippen LogP contribution in [0.2, 0.25) is 0 Å². The molecule has 1 saturated heterocycles. The van der Waals surface area contributed by atoms with Crippen LogP contribution in [0.4, 0.5) is 13.6 Å². The van der Waals surface area contributed by atoms with E-state index in [1.807, 2.05) is 6.92 Å². The number of aliphatic carboxylic acids is 1. The first-order chi connectivity index (χ1) is 13.0. The van der Waals surface area contributed by atoms with E-state index in [1.165, 1.54) is 18.7 Å². The predicted molar refractivity (Wildman–Crippen MR) is 95.0 cm³/mol. The Hall–Kier alpha value is -1.93. The molecule has 2 rings (SSSR count). The Kier molecular flexibility index (Phi) is 6.88. The SMILES string of the molecule is CC(C)C(OC(=O)C1CCN(C(=O)OC2(C)CCCC2)CC1)C(F)(F)C(=O)O. The molecule has 7 nitrogen and oxygen atoms in total. The third-order valence-corrected chi connectivity index (χ3v) is 5.57. The molecule has 1 heterocycles. The molecule has 0 radical (unpaired) electrons. The van der Waals surface area contributed by atoms with Gasteiger partial charge >= 0.3 is 24.0 Å². The van der Waals surface area contributed by atoms with Crippen molar-refractivity contribution in [3.05, 3.63) is 0 Å². The van der Waals surface area contributed by atoms with E-state index < -0.39 is 47.5 Å². The Balaban J connectivity index is 1.88. The molecular weight excluding hydrogens is 376 g/mol. The van der Waals surface area contributed by atoms with E-state index in [0.29, 0.717) is 0 Å². The lowest BCUT2D eigenvalue weighted by Crippen LogP contribution is -2.49. The van der Waals surface area contributed by atoms with Crippen molar-refractivity contribution >= 4 is 18.0 Å². The van der Waals surface area contributed by atoms with Crippen LogP contribution in [-0.2, 0) is 19.1 Å². The van der Waals surface area contributed by atoms with Crippen LogP contribution in [0.3, 0.4) is 0 Å². The van der Waals surface area contributed by atoms with E-state index in [1.54, 1.807) is 0 Å². The van der Waals surface area contributed by atoms with Crippen molar-refractivity contribution < 1.29 is 37.7 Å². The Morgan fingerprint density at radius 3 is 2.14 bits per heavy atom. The molecule has 1 unspecified atom stereocenters. The fourth-order valence-electron chi connectivity index (χ4n) is 3.77. The number of piperidine rings is 1. The van der Waals surface area contributed by atoms with Crippen LogP contribution in [0.25, 0.3) is 0 Å². The van der Waals surface area contributed by atoms with Gasteiger partial charge < -0.3 is 19.5 Å². The number of esters is 1. The van der Waals surface area contributed by atoms with Gasteiger partial charge in [-0.15, -0.1) is 0 Å². The van der Waals surface area contributed by atoms with E-state index in [2.05, 4.69) is 0 Å². The average Bonchev–Trinajstić information content (AvgIpc) is 3.04. The molecule has 0 aromatic heterocycles. The third kappa shape index (κ3) is 5.11. The highest BCUT2D eigenvalue weighted by atomic mass is 19.3. The van der Waals surface area contributed by atoms with E-state index in [0.717, 1.165) is 25.7 Å². The average molecular weight is 405 g/mol. The Morgan fingerprint density at radius 1 is 1.14 bits per heavy atom. The van der Waals surface area contributed by atoms with Gasteiger partial charge in [-0.05, 0) is 51.4 Å². The van der Waals surface area contributed by atoms with Crippen LogP contribution in [0, 0.1) is 11.8 Å². The largest absolute Gasteiger partial charge is 0.477 e. The monoisotopic (exact) mass is 405 g/mol. The molecule has 1 aliphatic carbocycles. The zero-order chi connectivity index (χ0) is 21.1. The molecule has 9 heteroatoms. The van der Waals surface area contributed by atoms with Gasteiger partial charge in [0.1, 0.15) is 5.60 Å². The minimum Gasteiger partial charge on any atom is -0.477 e. The number of halogens is 2. The van der Waals surface area contributed by atoms with Gasteiger partial charge in [-0.1, -0.05) is 13.8 Å². The van der Waals surface area contributed by atoms with Gasteiger partial charge in [0, 0.05) is 13.1 Å². The maximum absolute atomic E-state index is 13.8. The lowest BCUT2D eigenvalue weighted by molar-refractivity contribution is -0.201. The Labute approximate surface area is 163 Å². The smallest absolute Gasteiger partial charge is 0.410 e. The second-order valence-electron chi connectivity index (χ2n) is 8.32. The van der Waals surface area contributed by atoms with E-state index >= 15 is 0 Å². The number of rotatable bonds is 6. The number of ether oxygens (including phenoxy) is 2. The zero-order valence-electron chi connectivity index (χ0n) is 16.6. The van der Waals surface area contributed by atoms with E-state index in [4.69, 9.17) is 14.6 Å². The molecule has 1 amide bonds. The molecule has 0 spiro atoms. The molecule has 1 N–H and O–H groups in total. The summed E-state index contributed by atoms with van der Waals surface area (Å²) in [5, 5.41) is 8.72. The van der Waals surface area contributed by atoms with Crippen molar-refractivity contribution in [3.8, 4) is 0 Å². The maximum Gasteiger partial charge on any atom is 0.410 e. The minimum absolute atomic E-state index is 0.258. The first-order valence-corrected chi connectivity index (χ1v) is 9.76. The van der Waals surface area contributed by atoms with Crippen LogP contribution in [-0.4, -0.2) is 58.8 Å². The number of nitrogens with zero attached hydrogens (tertiary/aromatic N) is 1. The van der Waals surface area contributed by atoms with Crippen molar-refractivity contribution in [1.29, 1.82) is 0 Å². The van der Waals surface area contributed by atoms with Crippen molar-refractivity contribution in [2.45, 2.75) is 76.9 Å². The van der Waals surface area contributed by atoms with Crippen LogP contribution < -0.4 is 0 Å². The number of carbonyl (C=O) groups is 3. The summed E-state index contributed by atoms with van der Waals surface area (Å²) in [5.41, 5.74) is -0.445. The maximum atomic E-state index is 13.8. The van der Waals surface area contributed by atoms with Crippen LogP contribution in [0.15, 0.2) is 0 Å². The Morgan fingerprint density at radius 2 is 1.68 bits per heavy atom. The molecule has 2 aliphatic rings. The standard InChI is InChI=1S/C19H29F2NO6/c1-12(2)14(19(20,21)16(24)25)27-15(23)13-6-10-22(11-7-13)17(26)28-18(3)8-4-5-9-18/h12-14H,4-11H2,1-3H3,(H,24,25). The summed E-state index contributed by atoms with van der Waals surface area (Å²) in [6.07, 6.45) is 1.76. The molecule has 28 heavy (non-hydrogen) atoms. The van der Waals surface area contributed by atoms with Gasteiger partial charge in [0.25, 0.3) is 0 Å². The summed E-state index contributed by atoms with van der Waals surface area (Å²) < 4.78 is 38.2. The number of amides is 1. The fraction of sp³-hybridized carbons (Fsp3) is 0.842. The van der Waals surface area contributed by atoms with Gasteiger partial charge in [-0.2, -0.15) is 8.78 Å². The number of carboxylic acid groups (broad SMARTS) is 1. The van der Waals surface area contributed by atoms with Gasteiger partial charge in [0.15, 0.2) is 6.10 Å². The molecule has 1 aliphatic heterocycles. The number of carbonyl (C=O) groups excluding carboxylic acids is 2. The molecular formula is C19H29F2NO6. The predicted octanol–water partition coefficient (Wildman–Crippen LogP) is 3.46. The molecule has 0 aromatic rings. The molecule has 2 fully saturated rings. The molecule has 1 saturated carbocycles. The summed E-state index contributed by atoms with van der Waals surface area (Å²) >= 11 is 0. The second kappa shape index (κ2) is 8.61. The van der Waals surface area contributed by atoms with Crippen molar-refractivity contribution in [2.75, 3.05) is 13.1 Å². The first kappa shape index (κ1) is 22.4. The number of carboxylic acids is 1. The highest BCUT2D eigenvalue weighted by Gasteiger charge is 2.52. The summed E-state index contributed by atoms with van der Waals surface area (Å²) in [5.74, 6) is -8.85. The highest BCUT2D eigenvalue weighted by Crippen LogP contribution is 2.34.